The molecule has 0 nitrogen and oxygen atoms in total. The number of benzene rings is 1. The van der Waals surface area contributed by atoms with Crippen LogP contribution in [-0.2, 0) is 6.42 Å². The third-order valence-corrected chi connectivity index (χ3v) is 4.94. The van der Waals surface area contributed by atoms with E-state index in [1.807, 2.05) is 0 Å². The second-order valence-electron chi connectivity index (χ2n) is 5.53. The maximum absolute atomic E-state index is 2.65. The maximum Gasteiger partial charge on any atom is 0.0110 e. The molecule has 0 aliphatic rings. The van der Waals surface area contributed by atoms with Crippen LogP contribution < -0.4 is 0 Å². The summed E-state index contributed by atoms with van der Waals surface area (Å²) in [4.78, 5) is 0. The molecule has 0 saturated heterocycles. The first-order valence-electron chi connectivity index (χ1n) is 8.01. The number of hydrogen-bond donors (Lipinski definition) is 0. The Bertz CT molecular complexity index is 294. The third kappa shape index (κ3) is 9.48. The monoisotopic (exact) mass is 372 g/mol. The molecule has 0 heterocycles. The van der Waals surface area contributed by atoms with Crippen LogP contribution in [0.3, 0.4) is 0 Å². The highest BCUT2D eigenvalue weighted by Crippen LogP contribution is 2.19. The highest BCUT2D eigenvalue weighted by atomic mass is 127. The average Bonchev–Trinajstić information content (AvgIpc) is 2.44. The molecule has 0 radical (unpaired) electrons. The van der Waals surface area contributed by atoms with E-state index in [0.29, 0.717) is 0 Å². The summed E-state index contributed by atoms with van der Waals surface area (Å²) in [6, 6.07) is 10.9. The summed E-state index contributed by atoms with van der Waals surface area (Å²) in [6.45, 7) is 2.29. The SMILES string of the molecule is CCCCCCCC[C@@H](I)CCCc1ccccc1. The fourth-order valence-corrected chi connectivity index (χ4v) is 3.34. The van der Waals surface area contributed by atoms with Gasteiger partial charge in [0.05, 0.1) is 0 Å². The Labute approximate surface area is 133 Å². The summed E-state index contributed by atoms with van der Waals surface area (Å²) >= 11 is 2.65. The summed E-state index contributed by atoms with van der Waals surface area (Å²) in [7, 11) is 0. The van der Waals surface area contributed by atoms with Gasteiger partial charge in [-0.2, -0.15) is 0 Å². The lowest BCUT2D eigenvalue weighted by atomic mass is 10.0. The van der Waals surface area contributed by atoms with Crippen LogP contribution in [0.1, 0.15) is 70.3 Å². The van der Waals surface area contributed by atoms with E-state index in [-0.39, 0.29) is 0 Å². The Morgan fingerprint density at radius 3 is 2.21 bits per heavy atom. The molecule has 0 saturated carbocycles. The van der Waals surface area contributed by atoms with Crippen LogP contribution in [0.2, 0.25) is 0 Å². The highest BCUT2D eigenvalue weighted by Gasteiger charge is 2.03. The molecular weight excluding hydrogens is 343 g/mol. The van der Waals surface area contributed by atoms with Gasteiger partial charge in [0.15, 0.2) is 0 Å². The summed E-state index contributed by atoms with van der Waals surface area (Å²) < 4.78 is 0.882. The molecule has 0 bridgehead atoms. The first kappa shape index (κ1) is 17.0. The Morgan fingerprint density at radius 1 is 0.842 bits per heavy atom. The van der Waals surface area contributed by atoms with E-state index in [4.69, 9.17) is 0 Å². The maximum atomic E-state index is 2.65. The smallest absolute Gasteiger partial charge is 0.0110 e. The zero-order valence-corrected chi connectivity index (χ0v) is 14.6. The Morgan fingerprint density at radius 2 is 1.47 bits per heavy atom. The van der Waals surface area contributed by atoms with Crippen LogP contribution in [0.25, 0.3) is 0 Å². The van der Waals surface area contributed by atoms with Crippen molar-refractivity contribution in [2.45, 2.75) is 75.1 Å². The van der Waals surface area contributed by atoms with Gasteiger partial charge in [0.2, 0.25) is 0 Å². The van der Waals surface area contributed by atoms with Crippen LogP contribution in [0.15, 0.2) is 30.3 Å². The van der Waals surface area contributed by atoms with Gasteiger partial charge in [0.1, 0.15) is 0 Å². The Balaban J connectivity index is 1.94. The van der Waals surface area contributed by atoms with E-state index in [1.54, 1.807) is 0 Å². The molecule has 1 aromatic rings. The molecule has 0 aliphatic heterocycles. The first-order chi connectivity index (χ1) is 9.33. The van der Waals surface area contributed by atoms with Crippen molar-refractivity contribution in [1.82, 2.24) is 0 Å². The van der Waals surface area contributed by atoms with Crippen molar-refractivity contribution in [2.24, 2.45) is 0 Å². The Hall–Kier alpha value is -0.0500. The molecule has 0 amide bonds. The lowest BCUT2D eigenvalue weighted by Gasteiger charge is -2.09. The number of aryl methyl sites for hydroxylation is 1. The van der Waals surface area contributed by atoms with Crippen LogP contribution in [-0.4, -0.2) is 3.92 Å². The van der Waals surface area contributed by atoms with Crippen molar-refractivity contribution in [3.05, 3.63) is 35.9 Å². The topological polar surface area (TPSA) is 0 Å². The van der Waals surface area contributed by atoms with Gasteiger partial charge in [0.25, 0.3) is 0 Å². The van der Waals surface area contributed by atoms with E-state index >= 15 is 0 Å². The van der Waals surface area contributed by atoms with Gasteiger partial charge >= 0.3 is 0 Å². The summed E-state index contributed by atoms with van der Waals surface area (Å²) in [5.41, 5.74) is 1.49. The molecule has 0 aliphatic carbocycles. The van der Waals surface area contributed by atoms with Crippen LogP contribution in [0.5, 0.6) is 0 Å². The zero-order chi connectivity index (χ0) is 13.8. The van der Waals surface area contributed by atoms with Gasteiger partial charge < -0.3 is 0 Å². The molecule has 0 unspecified atom stereocenters. The second-order valence-corrected chi connectivity index (χ2v) is 7.29. The van der Waals surface area contributed by atoms with Gasteiger partial charge in [-0.25, -0.2) is 0 Å². The molecule has 1 aromatic carbocycles. The Kier molecular flexibility index (Phi) is 10.5. The summed E-state index contributed by atoms with van der Waals surface area (Å²) in [6.07, 6.45) is 13.9. The van der Waals surface area contributed by atoms with Crippen molar-refractivity contribution in [1.29, 1.82) is 0 Å². The fraction of sp³-hybridized carbons (Fsp3) is 0.667. The number of halogens is 1. The molecule has 19 heavy (non-hydrogen) atoms. The van der Waals surface area contributed by atoms with Crippen LogP contribution in [0.4, 0.5) is 0 Å². The second kappa shape index (κ2) is 11.7. The molecule has 1 rings (SSSR count). The van der Waals surface area contributed by atoms with E-state index in [2.05, 4.69) is 59.8 Å². The third-order valence-electron chi connectivity index (χ3n) is 3.70. The van der Waals surface area contributed by atoms with Gasteiger partial charge in [-0.1, -0.05) is 98.4 Å². The van der Waals surface area contributed by atoms with Crippen LogP contribution >= 0.6 is 22.6 Å². The van der Waals surface area contributed by atoms with Crippen molar-refractivity contribution >= 4 is 22.6 Å². The molecule has 108 valence electrons. The minimum Gasteiger partial charge on any atom is -0.0826 e. The molecule has 1 atom stereocenters. The van der Waals surface area contributed by atoms with Crippen molar-refractivity contribution < 1.29 is 0 Å². The standard InChI is InChI=1S/C18H29I/c1-2-3-4-5-6-10-15-18(19)16-11-14-17-12-8-7-9-13-17/h7-9,12-13,18H,2-6,10-11,14-16H2,1H3/t18-/m1/s1. The lowest BCUT2D eigenvalue weighted by Crippen LogP contribution is -1.99. The zero-order valence-electron chi connectivity index (χ0n) is 12.4. The quantitative estimate of drug-likeness (QED) is 0.234. The average molecular weight is 372 g/mol. The van der Waals surface area contributed by atoms with E-state index in [0.717, 1.165) is 3.92 Å². The molecular formula is C18H29I. The largest absolute Gasteiger partial charge is 0.0826 e. The minimum absolute atomic E-state index is 0.882. The number of rotatable bonds is 11. The summed E-state index contributed by atoms with van der Waals surface area (Å²) in [5.74, 6) is 0. The first-order valence-corrected chi connectivity index (χ1v) is 9.25. The number of unbranched alkanes of at least 4 members (excludes halogenated alkanes) is 5. The molecule has 1 heteroatoms. The van der Waals surface area contributed by atoms with Crippen molar-refractivity contribution in [2.75, 3.05) is 0 Å². The van der Waals surface area contributed by atoms with Gasteiger partial charge in [-0.3, -0.25) is 0 Å². The lowest BCUT2D eigenvalue weighted by molar-refractivity contribution is 0.571. The molecule has 0 spiro atoms. The van der Waals surface area contributed by atoms with E-state index in [9.17, 15) is 0 Å². The molecule has 0 aromatic heterocycles. The number of alkyl halides is 1. The van der Waals surface area contributed by atoms with Crippen molar-refractivity contribution in [3.8, 4) is 0 Å². The van der Waals surface area contributed by atoms with Gasteiger partial charge in [0, 0.05) is 3.92 Å². The normalized spacial score (nSPS) is 12.5. The van der Waals surface area contributed by atoms with E-state index in [1.165, 1.54) is 69.8 Å². The fourth-order valence-electron chi connectivity index (χ4n) is 2.46. The summed E-state index contributed by atoms with van der Waals surface area (Å²) in [5, 5.41) is 0. The molecule has 0 fully saturated rings. The predicted octanol–water partition coefficient (Wildman–Crippen LogP) is 6.56. The van der Waals surface area contributed by atoms with Gasteiger partial charge in [-0.15, -0.1) is 0 Å². The predicted molar refractivity (Wildman–Crippen MR) is 95.2 cm³/mol. The minimum atomic E-state index is 0.882. The molecule has 0 N–H and O–H groups in total. The van der Waals surface area contributed by atoms with E-state index < -0.39 is 0 Å². The number of hydrogen-bond acceptors (Lipinski definition) is 0. The van der Waals surface area contributed by atoms with Gasteiger partial charge in [-0.05, 0) is 31.2 Å². The van der Waals surface area contributed by atoms with Crippen molar-refractivity contribution in [3.63, 3.8) is 0 Å². The van der Waals surface area contributed by atoms with Crippen LogP contribution in [0, 0.1) is 0 Å². The highest BCUT2D eigenvalue weighted by molar-refractivity contribution is 14.1.